The summed E-state index contributed by atoms with van der Waals surface area (Å²) in [6.45, 7) is 3.23. The van der Waals surface area contributed by atoms with Crippen molar-refractivity contribution < 1.29 is 17.9 Å². The van der Waals surface area contributed by atoms with Crippen molar-refractivity contribution in [3.05, 3.63) is 64.7 Å². The molecule has 0 aromatic heterocycles. The third-order valence-corrected chi connectivity index (χ3v) is 6.57. The van der Waals surface area contributed by atoms with Crippen LogP contribution in [-0.2, 0) is 14.8 Å². The van der Waals surface area contributed by atoms with E-state index in [1.54, 1.807) is 24.3 Å². The number of ether oxygens (including phenoxy) is 1. The average molecular weight is 409 g/mol. The molecule has 6 nitrogen and oxygen atoms in total. The van der Waals surface area contributed by atoms with Gasteiger partial charge in [-0.05, 0) is 42.8 Å². The van der Waals surface area contributed by atoms with E-state index < -0.39 is 10.0 Å². The topological polar surface area (TPSA) is 75.7 Å². The zero-order valence-electron chi connectivity index (χ0n) is 14.9. The Morgan fingerprint density at radius 1 is 1.15 bits per heavy atom. The smallest absolute Gasteiger partial charge is 0.251 e. The number of benzene rings is 2. The van der Waals surface area contributed by atoms with Gasteiger partial charge in [-0.3, -0.25) is 4.79 Å². The third kappa shape index (κ3) is 4.68. The van der Waals surface area contributed by atoms with E-state index >= 15 is 0 Å². The van der Waals surface area contributed by atoms with E-state index in [0.29, 0.717) is 36.9 Å². The van der Waals surface area contributed by atoms with Crippen LogP contribution in [0.1, 0.15) is 28.9 Å². The van der Waals surface area contributed by atoms with Crippen LogP contribution < -0.4 is 5.32 Å². The van der Waals surface area contributed by atoms with Gasteiger partial charge in [0.1, 0.15) is 0 Å². The molecule has 0 saturated carbocycles. The van der Waals surface area contributed by atoms with E-state index in [0.717, 1.165) is 5.56 Å². The molecule has 27 heavy (non-hydrogen) atoms. The molecule has 1 amide bonds. The second kappa shape index (κ2) is 8.39. The van der Waals surface area contributed by atoms with Crippen LogP contribution >= 0.6 is 11.6 Å². The summed E-state index contributed by atoms with van der Waals surface area (Å²) in [7, 11) is -3.64. The van der Waals surface area contributed by atoms with E-state index in [4.69, 9.17) is 16.3 Å². The van der Waals surface area contributed by atoms with Crippen LogP contribution in [0.4, 0.5) is 0 Å². The van der Waals surface area contributed by atoms with E-state index in [-0.39, 0.29) is 16.8 Å². The lowest BCUT2D eigenvalue weighted by molar-refractivity contribution is 0.0730. The first-order valence-corrected chi connectivity index (χ1v) is 10.4. The minimum absolute atomic E-state index is 0.108. The van der Waals surface area contributed by atoms with E-state index in [1.165, 1.54) is 16.4 Å². The quantitative estimate of drug-likeness (QED) is 0.825. The van der Waals surface area contributed by atoms with Crippen LogP contribution in [0, 0.1) is 0 Å². The fourth-order valence-corrected chi connectivity index (χ4v) is 4.43. The Labute approximate surface area is 164 Å². The number of sulfonamides is 1. The normalized spacial score (nSPS) is 16.7. The predicted molar refractivity (Wildman–Crippen MR) is 103 cm³/mol. The van der Waals surface area contributed by atoms with Gasteiger partial charge in [-0.25, -0.2) is 8.42 Å². The Kier molecular flexibility index (Phi) is 6.16. The van der Waals surface area contributed by atoms with E-state index in [1.807, 2.05) is 19.1 Å². The molecular formula is C19H21ClN2O4S. The van der Waals surface area contributed by atoms with Crippen molar-refractivity contribution >= 4 is 27.5 Å². The molecule has 2 aromatic rings. The highest BCUT2D eigenvalue weighted by Gasteiger charge is 2.27. The average Bonchev–Trinajstić information content (AvgIpc) is 2.69. The Bertz CT molecular complexity index is 910. The SMILES string of the molecule is C[C@H](NC(=O)c1cccc(S(=O)(=O)N2CCOCC2)c1)c1ccc(Cl)cc1. The minimum Gasteiger partial charge on any atom is -0.379 e. The lowest BCUT2D eigenvalue weighted by Gasteiger charge is -2.26. The van der Waals surface area contributed by atoms with Crippen molar-refractivity contribution in [3.8, 4) is 0 Å². The maximum Gasteiger partial charge on any atom is 0.251 e. The maximum absolute atomic E-state index is 12.8. The lowest BCUT2D eigenvalue weighted by atomic mass is 10.1. The summed E-state index contributed by atoms with van der Waals surface area (Å²) in [5, 5.41) is 3.50. The summed E-state index contributed by atoms with van der Waals surface area (Å²) in [6.07, 6.45) is 0. The van der Waals surface area contributed by atoms with Gasteiger partial charge >= 0.3 is 0 Å². The summed E-state index contributed by atoms with van der Waals surface area (Å²) < 4.78 is 32.1. The molecule has 1 fully saturated rings. The lowest BCUT2D eigenvalue weighted by Crippen LogP contribution is -2.40. The molecule has 144 valence electrons. The van der Waals surface area contributed by atoms with Gasteiger partial charge in [-0.1, -0.05) is 29.8 Å². The number of nitrogens with one attached hydrogen (secondary N) is 1. The van der Waals surface area contributed by atoms with Crippen molar-refractivity contribution in [2.24, 2.45) is 0 Å². The van der Waals surface area contributed by atoms with Gasteiger partial charge in [0.15, 0.2) is 0 Å². The van der Waals surface area contributed by atoms with Crippen LogP contribution in [-0.4, -0.2) is 44.9 Å². The van der Waals surface area contributed by atoms with Crippen LogP contribution in [0.3, 0.4) is 0 Å². The fourth-order valence-electron chi connectivity index (χ4n) is 2.85. The van der Waals surface area contributed by atoms with Crippen LogP contribution in [0.5, 0.6) is 0 Å². The summed E-state index contributed by atoms with van der Waals surface area (Å²) in [5.74, 6) is -0.337. The Hall–Kier alpha value is -1.93. The van der Waals surface area contributed by atoms with Gasteiger partial charge in [0.05, 0.1) is 24.2 Å². The number of rotatable bonds is 5. The van der Waals surface area contributed by atoms with Gasteiger partial charge in [0.2, 0.25) is 10.0 Å². The molecule has 3 rings (SSSR count). The molecule has 0 radical (unpaired) electrons. The summed E-state index contributed by atoms with van der Waals surface area (Å²) in [5.41, 5.74) is 1.20. The number of carbonyl (C=O) groups excluding carboxylic acids is 1. The zero-order valence-corrected chi connectivity index (χ0v) is 16.5. The van der Waals surface area contributed by atoms with Gasteiger partial charge in [0, 0.05) is 23.7 Å². The van der Waals surface area contributed by atoms with Crippen LogP contribution in [0.15, 0.2) is 53.4 Å². The molecule has 0 aliphatic carbocycles. The number of carbonyl (C=O) groups is 1. The molecule has 1 N–H and O–H groups in total. The first kappa shape index (κ1) is 19.8. The molecule has 0 bridgehead atoms. The van der Waals surface area contributed by atoms with Gasteiger partial charge in [-0.2, -0.15) is 4.31 Å². The minimum atomic E-state index is -3.64. The first-order valence-electron chi connectivity index (χ1n) is 8.62. The van der Waals surface area contributed by atoms with Gasteiger partial charge in [-0.15, -0.1) is 0 Å². The highest BCUT2D eigenvalue weighted by molar-refractivity contribution is 7.89. The van der Waals surface area contributed by atoms with Crippen molar-refractivity contribution in [2.45, 2.75) is 17.9 Å². The maximum atomic E-state index is 12.8. The first-order chi connectivity index (χ1) is 12.9. The Morgan fingerprint density at radius 2 is 1.81 bits per heavy atom. The van der Waals surface area contributed by atoms with Crippen LogP contribution in [0.25, 0.3) is 0 Å². The molecule has 8 heteroatoms. The molecule has 0 unspecified atom stereocenters. The molecule has 1 aliphatic rings. The van der Waals surface area contributed by atoms with Gasteiger partial charge in [0.25, 0.3) is 5.91 Å². The van der Waals surface area contributed by atoms with E-state index in [2.05, 4.69) is 5.32 Å². The Morgan fingerprint density at radius 3 is 2.48 bits per heavy atom. The van der Waals surface area contributed by atoms with Gasteiger partial charge < -0.3 is 10.1 Å². The number of morpholine rings is 1. The molecule has 1 saturated heterocycles. The zero-order chi connectivity index (χ0) is 19.4. The molecule has 1 heterocycles. The Balaban J connectivity index is 1.76. The fraction of sp³-hybridized carbons (Fsp3) is 0.316. The van der Waals surface area contributed by atoms with Crippen LogP contribution in [0.2, 0.25) is 5.02 Å². The number of halogens is 1. The molecule has 1 atom stereocenters. The third-order valence-electron chi connectivity index (χ3n) is 4.42. The van der Waals surface area contributed by atoms with Crippen molar-refractivity contribution in [1.29, 1.82) is 0 Å². The van der Waals surface area contributed by atoms with E-state index in [9.17, 15) is 13.2 Å². The second-order valence-corrected chi connectivity index (χ2v) is 8.67. The highest BCUT2D eigenvalue weighted by Crippen LogP contribution is 2.20. The number of hydrogen-bond donors (Lipinski definition) is 1. The molecular weight excluding hydrogens is 388 g/mol. The molecule has 0 spiro atoms. The number of nitrogens with zero attached hydrogens (tertiary/aromatic N) is 1. The monoisotopic (exact) mass is 408 g/mol. The summed E-state index contributed by atoms with van der Waals surface area (Å²) >= 11 is 5.89. The second-order valence-electron chi connectivity index (χ2n) is 6.29. The van der Waals surface area contributed by atoms with Crippen molar-refractivity contribution in [2.75, 3.05) is 26.3 Å². The van der Waals surface area contributed by atoms with Crippen molar-refractivity contribution in [1.82, 2.24) is 9.62 Å². The number of amides is 1. The summed E-state index contributed by atoms with van der Waals surface area (Å²) in [6, 6.07) is 13.0. The highest BCUT2D eigenvalue weighted by atomic mass is 35.5. The summed E-state index contributed by atoms with van der Waals surface area (Å²) in [4.78, 5) is 12.7. The number of hydrogen-bond acceptors (Lipinski definition) is 4. The largest absolute Gasteiger partial charge is 0.379 e. The predicted octanol–water partition coefficient (Wildman–Crippen LogP) is 2.85. The molecule has 1 aliphatic heterocycles. The van der Waals surface area contributed by atoms with Crippen molar-refractivity contribution in [3.63, 3.8) is 0 Å². The standard InChI is InChI=1S/C19H21ClN2O4S/c1-14(15-5-7-17(20)8-6-15)21-19(23)16-3-2-4-18(13-16)27(24,25)22-9-11-26-12-10-22/h2-8,13-14H,9-12H2,1H3,(H,21,23)/t14-/m0/s1. The molecule has 2 aromatic carbocycles.